The number of carbonyl (C=O) groups excluding carboxylic acids is 2. The minimum Gasteiger partial charge on any atom is -0.460 e. The number of ketones is 1. The van der Waals surface area contributed by atoms with E-state index in [9.17, 15) is 9.59 Å². The summed E-state index contributed by atoms with van der Waals surface area (Å²) in [6.07, 6.45) is 2.40. The normalized spacial score (nSPS) is 9.69. The van der Waals surface area contributed by atoms with Gasteiger partial charge in [0.1, 0.15) is 0 Å². The molecule has 3 nitrogen and oxygen atoms in total. The van der Waals surface area contributed by atoms with Gasteiger partial charge in [-0.1, -0.05) is 6.92 Å². The molecule has 76 valence electrons. The maximum absolute atomic E-state index is 11.0. The molecule has 0 aliphatic carbocycles. The van der Waals surface area contributed by atoms with Gasteiger partial charge in [0, 0.05) is 12.3 Å². The Hall–Kier alpha value is -0.570. The maximum atomic E-state index is 11.0. The third-order valence-electron chi connectivity index (χ3n) is 1.45. The van der Waals surface area contributed by atoms with E-state index in [1.807, 2.05) is 6.92 Å². The molecule has 0 saturated heterocycles. The van der Waals surface area contributed by atoms with Crippen LogP contribution in [0.3, 0.4) is 0 Å². The Labute approximate surface area is 83.4 Å². The van der Waals surface area contributed by atoms with E-state index in [-0.39, 0.29) is 6.42 Å². The monoisotopic (exact) mass is 206 g/mol. The van der Waals surface area contributed by atoms with Crippen LogP contribution in [0.1, 0.15) is 32.6 Å². The molecule has 0 fully saturated rings. The second kappa shape index (κ2) is 8.05. The molecule has 0 saturated carbocycles. The molecule has 0 aliphatic heterocycles. The van der Waals surface area contributed by atoms with Crippen molar-refractivity contribution in [2.24, 2.45) is 0 Å². The number of hydrogen-bond donors (Lipinski definition) is 0. The fourth-order valence-corrected chi connectivity index (χ4v) is 0.946. The molecule has 0 aromatic heterocycles. The Balaban J connectivity index is 3.51. The highest BCUT2D eigenvalue weighted by Gasteiger charge is 2.13. The lowest BCUT2D eigenvalue weighted by Crippen LogP contribution is -2.17. The van der Waals surface area contributed by atoms with E-state index in [0.29, 0.717) is 18.9 Å². The highest BCUT2D eigenvalue weighted by molar-refractivity contribution is 6.33. The van der Waals surface area contributed by atoms with Crippen molar-refractivity contribution in [2.45, 2.75) is 32.6 Å². The predicted molar refractivity (Wildman–Crippen MR) is 50.8 cm³/mol. The maximum Gasteiger partial charge on any atom is 0.374 e. The van der Waals surface area contributed by atoms with Gasteiger partial charge in [-0.15, -0.1) is 11.6 Å². The molecule has 0 aliphatic rings. The molecule has 0 amide bonds. The summed E-state index contributed by atoms with van der Waals surface area (Å²) in [5, 5.41) is 0. The van der Waals surface area contributed by atoms with Gasteiger partial charge in [0.05, 0.1) is 6.61 Å². The molecule has 0 radical (unpaired) electrons. The second-order valence-electron chi connectivity index (χ2n) is 2.71. The molecule has 0 bridgehead atoms. The summed E-state index contributed by atoms with van der Waals surface area (Å²) in [5.74, 6) is -0.632. The van der Waals surface area contributed by atoms with Crippen LogP contribution in [0.25, 0.3) is 0 Å². The van der Waals surface area contributed by atoms with Crippen molar-refractivity contribution >= 4 is 23.4 Å². The van der Waals surface area contributed by atoms with Crippen LogP contribution < -0.4 is 0 Å². The van der Waals surface area contributed by atoms with Gasteiger partial charge in [-0.2, -0.15) is 0 Å². The van der Waals surface area contributed by atoms with Crippen molar-refractivity contribution in [1.29, 1.82) is 0 Å². The molecule has 0 aromatic carbocycles. The summed E-state index contributed by atoms with van der Waals surface area (Å²) < 4.78 is 4.66. The van der Waals surface area contributed by atoms with Gasteiger partial charge < -0.3 is 4.74 Å². The van der Waals surface area contributed by atoms with Crippen molar-refractivity contribution in [3.8, 4) is 0 Å². The van der Waals surface area contributed by atoms with Gasteiger partial charge in [0.2, 0.25) is 5.78 Å². The van der Waals surface area contributed by atoms with Crippen LogP contribution in [-0.4, -0.2) is 24.2 Å². The van der Waals surface area contributed by atoms with Crippen molar-refractivity contribution in [1.82, 2.24) is 0 Å². The number of Topliss-reactive ketones (excluding diaryl/α,β-unsaturated/α-hetero) is 1. The average molecular weight is 207 g/mol. The smallest absolute Gasteiger partial charge is 0.374 e. The number of ether oxygens (including phenoxy) is 1. The van der Waals surface area contributed by atoms with Crippen LogP contribution in [0, 0.1) is 0 Å². The van der Waals surface area contributed by atoms with E-state index >= 15 is 0 Å². The van der Waals surface area contributed by atoms with Crippen LogP contribution in [-0.2, 0) is 14.3 Å². The lowest BCUT2D eigenvalue weighted by Gasteiger charge is -2.00. The molecule has 0 atom stereocenters. The molecule has 0 aromatic rings. The van der Waals surface area contributed by atoms with Crippen LogP contribution >= 0.6 is 11.6 Å². The van der Waals surface area contributed by atoms with E-state index in [0.717, 1.165) is 12.8 Å². The number of unbranched alkanes of at least 4 members (excludes halogenated alkanes) is 1. The number of halogens is 1. The zero-order valence-electron chi connectivity index (χ0n) is 7.85. The van der Waals surface area contributed by atoms with Crippen molar-refractivity contribution in [3.05, 3.63) is 0 Å². The van der Waals surface area contributed by atoms with Crippen molar-refractivity contribution in [3.63, 3.8) is 0 Å². The number of rotatable bonds is 7. The molecule has 0 unspecified atom stereocenters. The Morgan fingerprint density at radius 1 is 1.31 bits per heavy atom. The van der Waals surface area contributed by atoms with Crippen LogP contribution in [0.2, 0.25) is 0 Å². The predicted octanol–water partition coefficient (Wildman–Crippen LogP) is 1.92. The van der Waals surface area contributed by atoms with Gasteiger partial charge in [-0.25, -0.2) is 4.79 Å². The molecule has 0 spiro atoms. The lowest BCUT2D eigenvalue weighted by molar-refractivity contribution is -0.153. The molecular formula is C9H15ClO3. The minimum atomic E-state index is -0.712. The Morgan fingerprint density at radius 2 is 2.00 bits per heavy atom. The topological polar surface area (TPSA) is 43.4 Å². The third-order valence-corrected chi connectivity index (χ3v) is 1.72. The molecule has 0 N–H and O–H groups in total. The van der Waals surface area contributed by atoms with E-state index in [2.05, 4.69) is 4.74 Å². The van der Waals surface area contributed by atoms with E-state index in [1.165, 1.54) is 0 Å². The zero-order chi connectivity index (χ0) is 10.1. The fraction of sp³-hybridized carbons (Fsp3) is 0.778. The Morgan fingerprint density at radius 3 is 2.54 bits per heavy atom. The van der Waals surface area contributed by atoms with Crippen LogP contribution in [0.4, 0.5) is 0 Å². The minimum absolute atomic E-state index is 0.245. The van der Waals surface area contributed by atoms with Gasteiger partial charge in [0.25, 0.3) is 0 Å². The molecule has 0 rings (SSSR count). The van der Waals surface area contributed by atoms with Crippen molar-refractivity contribution < 1.29 is 14.3 Å². The number of carbonyl (C=O) groups is 2. The lowest BCUT2D eigenvalue weighted by atomic mass is 10.2. The van der Waals surface area contributed by atoms with Gasteiger partial charge in [0.15, 0.2) is 0 Å². The Bertz CT molecular complexity index is 168. The molecular weight excluding hydrogens is 192 g/mol. The largest absolute Gasteiger partial charge is 0.460 e. The van der Waals surface area contributed by atoms with E-state index in [1.54, 1.807) is 0 Å². The highest BCUT2D eigenvalue weighted by atomic mass is 35.5. The molecule has 4 heteroatoms. The summed E-state index contributed by atoms with van der Waals surface area (Å²) in [7, 11) is 0. The fourth-order valence-electron chi connectivity index (χ4n) is 0.757. The van der Waals surface area contributed by atoms with E-state index in [4.69, 9.17) is 11.6 Å². The Kier molecular flexibility index (Phi) is 7.69. The number of hydrogen-bond acceptors (Lipinski definition) is 3. The molecule has 0 heterocycles. The first-order valence-electron chi connectivity index (χ1n) is 4.48. The van der Waals surface area contributed by atoms with Crippen LogP contribution in [0.5, 0.6) is 0 Å². The summed E-state index contributed by atoms with van der Waals surface area (Å²) in [4.78, 5) is 21.9. The second-order valence-corrected chi connectivity index (χ2v) is 3.08. The first-order chi connectivity index (χ1) is 6.22. The molecule has 13 heavy (non-hydrogen) atoms. The van der Waals surface area contributed by atoms with Gasteiger partial charge in [-0.3, -0.25) is 4.79 Å². The van der Waals surface area contributed by atoms with Crippen LogP contribution in [0.15, 0.2) is 0 Å². The standard InChI is InChI=1S/C9H15ClO3/c1-2-7-13-9(12)8(11)5-3-4-6-10/h2-7H2,1H3. The first kappa shape index (κ1) is 12.4. The summed E-state index contributed by atoms with van der Waals surface area (Å²) in [5.41, 5.74) is 0. The SMILES string of the molecule is CCCOC(=O)C(=O)CCCCCl. The number of alkyl halides is 1. The first-order valence-corrected chi connectivity index (χ1v) is 5.01. The zero-order valence-corrected chi connectivity index (χ0v) is 8.60. The number of esters is 1. The quantitative estimate of drug-likeness (QED) is 0.277. The van der Waals surface area contributed by atoms with E-state index < -0.39 is 11.8 Å². The highest BCUT2D eigenvalue weighted by Crippen LogP contribution is 1.99. The average Bonchev–Trinajstić information content (AvgIpc) is 2.14. The van der Waals surface area contributed by atoms with Gasteiger partial charge in [-0.05, 0) is 19.3 Å². The van der Waals surface area contributed by atoms with Gasteiger partial charge >= 0.3 is 5.97 Å². The third kappa shape index (κ3) is 6.58. The summed E-state index contributed by atoms with van der Waals surface area (Å²) in [6.45, 7) is 2.20. The summed E-state index contributed by atoms with van der Waals surface area (Å²) in [6, 6.07) is 0. The summed E-state index contributed by atoms with van der Waals surface area (Å²) >= 11 is 5.42. The van der Waals surface area contributed by atoms with Crippen molar-refractivity contribution in [2.75, 3.05) is 12.5 Å².